The van der Waals surface area contributed by atoms with Crippen molar-refractivity contribution in [3.63, 3.8) is 0 Å². The van der Waals surface area contributed by atoms with Crippen molar-refractivity contribution >= 4 is 23.4 Å². The molecule has 2 aliphatic rings. The lowest BCUT2D eigenvalue weighted by molar-refractivity contribution is -0.128. The molecule has 0 N–H and O–H groups in total. The van der Waals surface area contributed by atoms with Crippen molar-refractivity contribution in [3.05, 3.63) is 29.8 Å². The third kappa shape index (κ3) is 3.41. The van der Waals surface area contributed by atoms with E-state index in [1.807, 2.05) is 19.0 Å². The van der Waals surface area contributed by atoms with Gasteiger partial charge in [0, 0.05) is 31.9 Å². The molecular formula is C17H25N3OS. The quantitative estimate of drug-likeness (QED) is 0.833. The molecule has 0 radical (unpaired) electrons. The molecule has 2 aliphatic heterocycles. The molecule has 3 rings (SSSR count). The fourth-order valence-electron chi connectivity index (χ4n) is 3.10. The Bertz CT molecular complexity index is 511. The Morgan fingerprint density at radius 2 is 1.86 bits per heavy atom. The molecule has 2 heterocycles. The van der Waals surface area contributed by atoms with Gasteiger partial charge in [-0.2, -0.15) is 0 Å². The van der Waals surface area contributed by atoms with Crippen molar-refractivity contribution in [1.29, 1.82) is 0 Å². The topological polar surface area (TPSA) is 26.8 Å². The smallest absolute Gasteiger partial charge is 0.233 e. The molecule has 0 spiro atoms. The van der Waals surface area contributed by atoms with Gasteiger partial charge in [0.1, 0.15) is 5.37 Å². The van der Waals surface area contributed by atoms with Crippen LogP contribution in [0, 0.1) is 0 Å². The Hall–Kier alpha value is -1.20. The lowest BCUT2D eigenvalue weighted by Gasteiger charge is -2.26. The second-order valence-electron chi connectivity index (χ2n) is 6.34. The fraction of sp³-hybridized carbons (Fsp3) is 0.588. The number of likely N-dealkylation sites (N-methyl/N-ethyl adjacent to an activating group) is 1. The van der Waals surface area contributed by atoms with Crippen LogP contribution in [0.15, 0.2) is 24.3 Å². The van der Waals surface area contributed by atoms with Gasteiger partial charge in [-0.1, -0.05) is 12.1 Å². The molecule has 4 nitrogen and oxygen atoms in total. The number of hydrogen-bond acceptors (Lipinski definition) is 4. The Balaban J connectivity index is 1.70. The van der Waals surface area contributed by atoms with E-state index in [1.165, 1.54) is 37.2 Å². The van der Waals surface area contributed by atoms with E-state index < -0.39 is 0 Å². The summed E-state index contributed by atoms with van der Waals surface area (Å²) in [6, 6.07) is 8.83. The summed E-state index contributed by atoms with van der Waals surface area (Å²) in [5.74, 6) is 0.867. The normalized spacial score (nSPS) is 22.1. The molecule has 2 fully saturated rings. The van der Waals surface area contributed by atoms with Crippen LogP contribution in [0.25, 0.3) is 0 Å². The number of thioether (sulfide) groups is 1. The minimum Gasteiger partial charge on any atom is -0.372 e. The van der Waals surface area contributed by atoms with E-state index in [0.717, 1.165) is 13.1 Å². The van der Waals surface area contributed by atoms with Crippen LogP contribution >= 0.6 is 11.8 Å². The van der Waals surface area contributed by atoms with Gasteiger partial charge >= 0.3 is 0 Å². The average Bonchev–Trinajstić information content (AvgIpc) is 3.15. The van der Waals surface area contributed by atoms with E-state index in [-0.39, 0.29) is 11.3 Å². The number of carbonyl (C=O) groups excluding carboxylic acids is 1. The highest BCUT2D eigenvalue weighted by Gasteiger charge is 2.32. The van der Waals surface area contributed by atoms with Crippen LogP contribution in [0.4, 0.5) is 5.69 Å². The van der Waals surface area contributed by atoms with Gasteiger partial charge in [-0.15, -0.1) is 11.8 Å². The van der Waals surface area contributed by atoms with E-state index in [9.17, 15) is 4.79 Å². The maximum Gasteiger partial charge on any atom is 0.233 e. The summed E-state index contributed by atoms with van der Waals surface area (Å²) < 4.78 is 0. The second kappa shape index (κ2) is 6.92. The van der Waals surface area contributed by atoms with E-state index in [0.29, 0.717) is 5.75 Å². The van der Waals surface area contributed by atoms with Gasteiger partial charge in [0.25, 0.3) is 0 Å². The Kier molecular flexibility index (Phi) is 4.93. The molecule has 2 saturated heterocycles. The minimum absolute atomic E-state index is 0.181. The van der Waals surface area contributed by atoms with Crippen molar-refractivity contribution in [2.24, 2.45) is 0 Å². The number of hydrogen-bond donors (Lipinski definition) is 0. The first-order chi connectivity index (χ1) is 10.6. The van der Waals surface area contributed by atoms with Gasteiger partial charge in [0.2, 0.25) is 5.91 Å². The molecule has 0 aromatic heterocycles. The summed E-state index contributed by atoms with van der Waals surface area (Å²) in [5.41, 5.74) is 2.56. The SMILES string of the molecule is CN(C)CCN1C(=O)CSC1c1ccc(N2CCCC2)cc1. The Labute approximate surface area is 137 Å². The molecule has 120 valence electrons. The third-order valence-corrected chi connectivity index (χ3v) is 5.66. The molecule has 1 aromatic carbocycles. The molecule has 1 unspecified atom stereocenters. The number of anilines is 1. The van der Waals surface area contributed by atoms with Crippen LogP contribution in [-0.4, -0.2) is 61.7 Å². The monoisotopic (exact) mass is 319 g/mol. The lowest BCUT2D eigenvalue weighted by atomic mass is 10.1. The van der Waals surface area contributed by atoms with Crippen LogP contribution in [-0.2, 0) is 4.79 Å². The summed E-state index contributed by atoms with van der Waals surface area (Å²) >= 11 is 1.75. The van der Waals surface area contributed by atoms with E-state index in [1.54, 1.807) is 11.8 Å². The highest BCUT2D eigenvalue weighted by molar-refractivity contribution is 8.00. The van der Waals surface area contributed by atoms with E-state index >= 15 is 0 Å². The van der Waals surface area contributed by atoms with Gasteiger partial charge < -0.3 is 14.7 Å². The molecule has 1 amide bonds. The number of rotatable bonds is 5. The Morgan fingerprint density at radius 3 is 2.50 bits per heavy atom. The maximum atomic E-state index is 12.1. The highest BCUT2D eigenvalue weighted by atomic mass is 32.2. The second-order valence-corrected chi connectivity index (χ2v) is 7.41. The summed E-state index contributed by atoms with van der Waals surface area (Å²) in [6.07, 6.45) is 2.60. The molecule has 1 atom stereocenters. The molecule has 0 saturated carbocycles. The van der Waals surface area contributed by atoms with Crippen LogP contribution in [0.1, 0.15) is 23.8 Å². The first kappa shape index (κ1) is 15.7. The molecule has 0 bridgehead atoms. The lowest BCUT2D eigenvalue weighted by Crippen LogP contribution is -2.34. The highest BCUT2D eigenvalue weighted by Crippen LogP contribution is 2.39. The third-order valence-electron chi connectivity index (χ3n) is 4.41. The summed E-state index contributed by atoms with van der Waals surface area (Å²) in [7, 11) is 4.10. The number of benzene rings is 1. The molecular weight excluding hydrogens is 294 g/mol. The van der Waals surface area contributed by atoms with Crippen molar-refractivity contribution in [2.75, 3.05) is 50.9 Å². The average molecular weight is 319 g/mol. The summed E-state index contributed by atoms with van der Waals surface area (Å²) in [5, 5.41) is 0.181. The van der Waals surface area contributed by atoms with Gasteiger partial charge in [0.05, 0.1) is 5.75 Å². The van der Waals surface area contributed by atoms with Crippen molar-refractivity contribution in [3.8, 4) is 0 Å². The minimum atomic E-state index is 0.181. The van der Waals surface area contributed by atoms with Gasteiger partial charge in [-0.3, -0.25) is 4.79 Å². The zero-order chi connectivity index (χ0) is 15.5. The van der Waals surface area contributed by atoms with Crippen molar-refractivity contribution in [1.82, 2.24) is 9.80 Å². The maximum absolute atomic E-state index is 12.1. The number of carbonyl (C=O) groups is 1. The van der Waals surface area contributed by atoms with Crippen LogP contribution in [0.3, 0.4) is 0 Å². The van der Waals surface area contributed by atoms with Gasteiger partial charge in [-0.25, -0.2) is 0 Å². The molecule has 1 aromatic rings. The van der Waals surface area contributed by atoms with E-state index in [2.05, 4.69) is 34.1 Å². The zero-order valence-electron chi connectivity index (χ0n) is 13.5. The van der Waals surface area contributed by atoms with E-state index in [4.69, 9.17) is 0 Å². The van der Waals surface area contributed by atoms with Gasteiger partial charge in [0.15, 0.2) is 0 Å². The molecule has 22 heavy (non-hydrogen) atoms. The van der Waals surface area contributed by atoms with Crippen molar-refractivity contribution in [2.45, 2.75) is 18.2 Å². The predicted octanol–water partition coefficient (Wildman–Crippen LogP) is 2.42. The summed E-state index contributed by atoms with van der Waals surface area (Å²) in [6.45, 7) is 4.06. The van der Waals surface area contributed by atoms with Gasteiger partial charge in [-0.05, 0) is 44.6 Å². The Morgan fingerprint density at radius 1 is 1.18 bits per heavy atom. The van der Waals surface area contributed by atoms with Crippen molar-refractivity contribution < 1.29 is 4.79 Å². The molecule has 0 aliphatic carbocycles. The first-order valence-corrected chi connectivity index (χ1v) is 9.11. The predicted molar refractivity (Wildman–Crippen MR) is 93.4 cm³/mol. The van der Waals surface area contributed by atoms with Crippen LogP contribution < -0.4 is 4.90 Å². The number of amides is 1. The zero-order valence-corrected chi connectivity index (χ0v) is 14.3. The standard InChI is InChI=1S/C17H25N3OS/c1-18(2)11-12-20-16(21)13-22-17(20)14-5-7-15(8-6-14)19-9-3-4-10-19/h5-8,17H,3-4,9-13H2,1-2H3. The largest absolute Gasteiger partial charge is 0.372 e. The van der Waals surface area contributed by atoms with Crippen LogP contribution in [0.2, 0.25) is 0 Å². The summed E-state index contributed by atoms with van der Waals surface area (Å²) in [4.78, 5) is 18.7. The number of nitrogens with zero attached hydrogens (tertiary/aromatic N) is 3. The first-order valence-electron chi connectivity index (χ1n) is 8.06. The molecule has 5 heteroatoms. The van der Waals surface area contributed by atoms with Crippen LogP contribution in [0.5, 0.6) is 0 Å². The fourth-order valence-corrected chi connectivity index (χ4v) is 4.32.